The quantitative estimate of drug-likeness (QED) is 0.802. The lowest BCUT2D eigenvalue weighted by Crippen LogP contribution is -2.30. The predicted molar refractivity (Wildman–Crippen MR) is 85.9 cm³/mol. The lowest BCUT2D eigenvalue weighted by molar-refractivity contribution is -0.137. The first-order chi connectivity index (χ1) is 10.4. The SMILES string of the molecule is O=C(O)C[C@H](NS(=O)(=O)c1ccc(Br)cc1)c1ccccc1. The average Bonchev–Trinajstić information content (AvgIpc) is 2.47. The molecule has 0 aliphatic heterocycles. The Morgan fingerprint density at radius 3 is 2.23 bits per heavy atom. The molecule has 2 N–H and O–H groups in total. The van der Waals surface area contributed by atoms with E-state index in [2.05, 4.69) is 20.7 Å². The molecule has 2 aromatic rings. The molecule has 116 valence electrons. The van der Waals surface area contributed by atoms with Crippen LogP contribution in [0.15, 0.2) is 64.0 Å². The van der Waals surface area contributed by atoms with Gasteiger partial charge >= 0.3 is 5.97 Å². The lowest BCUT2D eigenvalue weighted by Gasteiger charge is -2.17. The summed E-state index contributed by atoms with van der Waals surface area (Å²) in [5, 5.41) is 9.01. The summed E-state index contributed by atoms with van der Waals surface area (Å²) in [7, 11) is -3.80. The third-order valence-electron chi connectivity index (χ3n) is 3.00. The Morgan fingerprint density at radius 1 is 1.09 bits per heavy atom. The number of aliphatic carboxylic acids is 1. The Morgan fingerprint density at radius 2 is 1.68 bits per heavy atom. The van der Waals surface area contributed by atoms with Crippen LogP contribution in [0.2, 0.25) is 0 Å². The van der Waals surface area contributed by atoms with Crippen LogP contribution in [0.25, 0.3) is 0 Å². The molecule has 22 heavy (non-hydrogen) atoms. The second-order valence-electron chi connectivity index (χ2n) is 4.64. The Bertz CT molecular complexity index is 745. The van der Waals surface area contributed by atoms with Crippen molar-refractivity contribution in [1.29, 1.82) is 0 Å². The highest BCUT2D eigenvalue weighted by molar-refractivity contribution is 9.10. The molecule has 0 saturated carbocycles. The van der Waals surface area contributed by atoms with E-state index in [0.29, 0.717) is 5.56 Å². The Hall–Kier alpha value is -1.70. The molecule has 5 nitrogen and oxygen atoms in total. The van der Waals surface area contributed by atoms with Crippen LogP contribution in [-0.2, 0) is 14.8 Å². The monoisotopic (exact) mass is 383 g/mol. The molecule has 0 aliphatic carbocycles. The second kappa shape index (κ2) is 7.04. The maximum Gasteiger partial charge on any atom is 0.305 e. The Balaban J connectivity index is 2.30. The van der Waals surface area contributed by atoms with Gasteiger partial charge in [0.05, 0.1) is 17.4 Å². The van der Waals surface area contributed by atoms with Gasteiger partial charge in [-0.2, -0.15) is 0 Å². The first kappa shape index (κ1) is 16.7. The van der Waals surface area contributed by atoms with Gasteiger partial charge in [-0.1, -0.05) is 46.3 Å². The summed E-state index contributed by atoms with van der Waals surface area (Å²) in [5.74, 6) is -1.08. The number of carboxylic acid groups (broad SMARTS) is 1. The van der Waals surface area contributed by atoms with Gasteiger partial charge in [0.15, 0.2) is 0 Å². The maximum absolute atomic E-state index is 12.4. The number of carboxylic acids is 1. The smallest absolute Gasteiger partial charge is 0.305 e. The van der Waals surface area contributed by atoms with Crippen molar-refractivity contribution in [3.63, 3.8) is 0 Å². The van der Waals surface area contributed by atoms with Crippen LogP contribution >= 0.6 is 15.9 Å². The molecular formula is C15H14BrNO4S. The van der Waals surface area contributed by atoms with Crippen LogP contribution < -0.4 is 4.72 Å². The highest BCUT2D eigenvalue weighted by atomic mass is 79.9. The standard InChI is InChI=1S/C15H14BrNO4S/c16-12-6-8-13(9-7-12)22(20,21)17-14(10-15(18)19)11-4-2-1-3-5-11/h1-9,14,17H,10H2,(H,18,19)/t14-/m0/s1. The zero-order chi connectivity index (χ0) is 16.2. The molecule has 0 heterocycles. The minimum Gasteiger partial charge on any atom is -0.481 e. The summed E-state index contributed by atoms with van der Waals surface area (Å²) in [5.41, 5.74) is 0.602. The van der Waals surface area contributed by atoms with Crippen LogP contribution in [0, 0.1) is 0 Å². The van der Waals surface area contributed by atoms with Crippen LogP contribution in [0.3, 0.4) is 0 Å². The Kier molecular flexibility index (Phi) is 5.33. The molecule has 0 amide bonds. The van der Waals surface area contributed by atoms with E-state index < -0.39 is 22.0 Å². The fourth-order valence-corrected chi connectivity index (χ4v) is 3.45. The molecule has 2 aromatic carbocycles. The van der Waals surface area contributed by atoms with Crippen molar-refractivity contribution in [2.24, 2.45) is 0 Å². The van der Waals surface area contributed by atoms with Crippen LogP contribution in [0.4, 0.5) is 0 Å². The van der Waals surface area contributed by atoms with E-state index in [0.717, 1.165) is 4.47 Å². The number of sulfonamides is 1. The number of carbonyl (C=O) groups is 1. The normalized spacial score (nSPS) is 12.8. The van der Waals surface area contributed by atoms with Gasteiger partial charge < -0.3 is 5.11 Å². The topological polar surface area (TPSA) is 83.5 Å². The molecule has 0 aromatic heterocycles. The number of hydrogen-bond donors (Lipinski definition) is 2. The number of rotatable bonds is 6. The van der Waals surface area contributed by atoms with Gasteiger partial charge in [0.25, 0.3) is 0 Å². The fourth-order valence-electron chi connectivity index (χ4n) is 1.96. The molecule has 2 rings (SSSR count). The third-order valence-corrected chi connectivity index (χ3v) is 5.02. The van der Waals surface area contributed by atoms with Gasteiger partial charge in [0, 0.05) is 4.47 Å². The van der Waals surface area contributed by atoms with Crippen LogP contribution in [0.5, 0.6) is 0 Å². The van der Waals surface area contributed by atoms with E-state index in [1.165, 1.54) is 12.1 Å². The van der Waals surface area contributed by atoms with Crippen molar-refractivity contribution in [1.82, 2.24) is 4.72 Å². The predicted octanol–water partition coefficient (Wildman–Crippen LogP) is 2.94. The number of halogens is 1. The van der Waals surface area contributed by atoms with Crippen molar-refractivity contribution in [3.05, 3.63) is 64.6 Å². The fraction of sp³-hybridized carbons (Fsp3) is 0.133. The maximum atomic E-state index is 12.4. The third kappa shape index (κ3) is 4.40. The van der Waals surface area contributed by atoms with E-state index >= 15 is 0 Å². The van der Waals surface area contributed by atoms with E-state index in [1.54, 1.807) is 42.5 Å². The van der Waals surface area contributed by atoms with E-state index in [1.807, 2.05) is 0 Å². The molecule has 0 radical (unpaired) electrons. The summed E-state index contributed by atoms with van der Waals surface area (Å²) in [6.07, 6.45) is -0.334. The van der Waals surface area contributed by atoms with Gasteiger partial charge in [0.2, 0.25) is 10.0 Å². The molecular weight excluding hydrogens is 370 g/mol. The summed E-state index contributed by atoms with van der Waals surface area (Å²) >= 11 is 3.24. The lowest BCUT2D eigenvalue weighted by atomic mass is 10.1. The van der Waals surface area contributed by atoms with Crippen molar-refractivity contribution < 1.29 is 18.3 Å². The van der Waals surface area contributed by atoms with E-state index in [4.69, 9.17) is 5.11 Å². The number of hydrogen-bond acceptors (Lipinski definition) is 3. The second-order valence-corrected chi connectivity index (χ2v) is 7.27. The molecule has 7 heteroatoms. The summed E-state index contributed by atoms with van der Waals surface area (Å²) in [6.45, 7) is 0. The molecule has 0 saturated heterocycles. The largest absolute Gasteiger partial charge is 0.481 e. The summed E-state index contributed by atoms with van der Waals surface area (Å²) in [6, 6.07) is 13.9. The number of nitrogens with one attached hydrogen (secondary N) is 1. The minimum absolute atomic E-state index is 0.0852. The first-order valence-corrected chi connectivity index (χ1v) is 8.71. The van der Waals surface area contributed by atoms with Gasteiger partial charge in [-0.25, -0.2) is 13.1 Å². The molecule has 1 atom stereocenters. The van der Waals surface area contributed by atoms with Crippen LogP contribution in [0.1, 0.15) is 18.0 Å². The molecule has 0 bridgehead atoms. The zero-order valence-electron chi connectivity index (χ0n) is 11.4. The van der Waals surface area contributed by atoms with Gasteiger partial charge in [0.1, 0.15) is 0 Å². The highest BCUT2D eigenvalue weighted by Gasteiger charge is 2.23. The molecule has 0 spiro atoms. The van der Waals surface area contributed by atoms with Crippen molar-refractivity contribution in [3.8, 4) is 0 Å². The molecule has 0 unspecified atom stereocenters. The summed E-state index contributed by atoms with van der Waals surface area (Å²) in [4.78, 5) is 11.1. The van der Waals surface area contributed by atoms with Crippen LogP contribution in [-0.4, -0.2) is 19.5 Å². The average molecular weight is 384 g/mol. The van der Waals surface area contributed by atoms with E-state index in [9.17, 15) is 13.2 Å². The molecule has 0 aliphatic rings. The van der Waals surface area contributed by atoms with Gasteiger partial charge in [-0.05, 0) is 29.8 Å². The van der Waals surface area contributed by atoms with Crippen molar-refractivity contribution in [2.75, 3.05) is 0 Å². The number of benzene rings is 2. The van der Waals surface area contributed by atoms with Gasteiger partial charge in [-0.15, -0.1) is 0 Å². The highest BCUT2D eigenvalue weighted by Crippen LogP contribution is 2.21. The molecule has 0 fully saturated rings. The van der Waals surface area contributed by atoms with Crippen molar-refractivity contribution >= 4 is 31.9 Å². The minimum atomic E-state index is -3.80. The Labute approximate surface area is 137 Å². The van der Waals surface area contributed by atoms with Crippen molar-refractivity contribution in [2.45, 2.75) is 17.4 Å². The zero-order valence-corrected chi connectivity index (χ0v) is 13.8. The summed E-state index contributed by atoms with van der Waals surface area (Å²) < 4.78 is 28.0. The first-order valence-electron chi connectivity index (χ1n) is 6.43. The van der Waals surface area contributed by atoms with E-state index in [-0.39, 0.29) is 11.3 Å². The van der Waals surface area contributed by atoms with Gasteiger partial charge in [-0.3, -0.25) is 4.79 Å².